The van der Waals surface area contributed by atoms with Crippen LogP contribution in [0.2, 0.25) is 0 Å². The monoisotopic (exact) mass is 206 g/mol. The zero-order chi connectivity index (χ0) is 11.3. The van der Waals surface area contributed by atoms with Crippen LogP contribution in [-0.2, 0) is 0 Å². The Bertz CT molecular complexity index is 319. The molecule has 0 saturated heterocycles. The minimum absolute atomic E-state index is 0.460. The van der Waals surface area contributed by atoms with Crippen molar-refractivity contribution < 1.29 is 14.8 Å². The summed E-state index contributed by atoms with van der Waals surface area (Å²) in [6, 6.07) is 6.68. The summed E-state index contributed by atoms with van der Waals surface area (Å²) in [6.07, 6.45) is 0.824. The van der Waals surface area contributed by atoms with E-state index in [-0.39, 0.29) is 0 Å². The van der Waals surface area contributed by atoms with E-state index in [2.05, 4.69) is 6.58 Å². The van der Waals surface area contributed by atoms with Gasteiger partial charge in [-0.05, 0) is 24.5 Å². The number of rotatable bonds is 5. The van der Waals surface area contributed by atoms with Gasteiger partial charge in [0.25, 0.3) is 0 Å². The third-order valence-electron chi connectivity index (χ3n) is 1.98. The van der Waals surface area contributed by atoms with Gasteiger partial charge in [-0.15, -0.1) is 6.58 Å². The fourth-order valence-electron chi connectivity index (χ4n) is 1.08. The lowest BCUT2D eigenvalue weighted by Gasteiger charge is -2.06. The fraction of sp³-hybridized carbons (Fsp3) is 0.273. The summed E-state index contributed by atoms with van der Waals surface area (Å²) in [5.41, 5.74) is 1.54. The maximum atomic E-state index is 8.87. The molecule has 0 heterocycles. The van der Waals surface area contributed by atoms with Crippen molar-refractivity contribution >= 4 is 12.6 Å². The van der Waals surface area contributed by atoms with Crippen LogP contribution in [-0.4, -0.2) is 23.8 Å². The normalized spacial score (nSPS) is 9.80. The van der Waals surface area contributed by atoms with Crippen molar-refractivity contribution in [3.63, 3.8) is 0 Å². The van der Waals surface area contributed by atoms with Gasteiger partial charge in [0.05, 0.1) is 6.61 Å². The van der Waals surface area contributed by atoms with Gasteiger partial charge in [0, 0.05) is 6.42 Å². The summed E-state index contributed by atoms with van der Waals surface area (Å²) in [5, 5.41) is 17.7. The molecule has 0 aliphatic heterocycles. The number of ether oxygens (including phenoxy) is 1. The molecule has 80 valence electrons. The van der Waals surface area contributed by atoms with Crippen LogP contribution >= 0.6 is 0 Å². The highest BCUT2D eigenvalue weighted by Crippen LogP contribution is 2.08. The van der Waals surface area contributed by atoms with Crippen LogP contribution in [0.3, 0.4) is 0 Å². The predicted molar refractivity (Wildman–Crippen MR) is 61.2 cm³/mol. The molecule has 4 heteroatoms. The quantitative estimate of drug-likeness (QED) is 0.551. The Morgan fingerprint density at radius 2 is 1.93 bits per heavy atom. The third kappa shape index (κ3) is 4.19. The van der Waals surface area contributed by atoms with E-state index < -0.39 is 7.12 Å². The van der Waals surface area contributed by atoms with E-state index in [4.69, 9.17) is 14.8 Å². The lowest BCUT2D eigenvalue weighted by molar-refractivity contribution is 0.322. The van der Waals surface area contributed by atoms with Gasteiger partial charge < -0.3 is 14.8 Å². The van der Waals surface area contributed by atoms with E-state index in [1.807, 2.05) is 6.92 Å². The van der Waals surface area contributed by atoms with Crippen molar-refractivity contribution in [2.45, 2.75) is 13.3 Å². The second-order valence-corrected chi connectivity index (χ2v) is 3.50. The van der Waals surface area contributed by atoms with Gasteiger partial charge in [-0.2, -0.15) is 0 Å². The standard InChI is InChI=1S/C11H15BO3/c1-9(2)7-8-15-11-5-3-10(4-6-11)12(13)14/h3-6,13-14H,1,7-8H2,2H3. The topological polar surface area (TPSA) is 49.7 Å². The van der Waals surface area contributed by atoms with Crippen molar-refractivity contribution in [3.05, 3.63) is 36.4 Å². The highest BCUT2D eigenvalue weighted by atomic mass is 16.5. The van der Waals surface area contributed by atoms with Crippen molar-refractivity contribution in [2.75, 3.05) is 6.61 Å². The Morgan fingerprint density at radius 3 is 2.40 bits per heavy atom. The second kappa shape index (κ2) is 5.58. The van der Waals surface area contributed by atoms with E-state index in [0.29, 0.717) is 12.1 Å². The van der Waals surface area contributed by atoms with Gasteiger partial charge in [0.1, 0.15) is 5.75 Å². The van der Waals surface area contributed by atoms with Crippen molar-refractivity contribution in [2.24, 2.45) is 0 Å². The summed E-state index contributed by atoms with van der Waals surface area (Å²) in [4.78, 5) is 0. The number of hydrogen-bond acceptors (Lipinski definition) is 3. The summed E-state index contributed by atoms with van der Waals surface area (Å²) >= 11 is 0. The first kappa shape index (κ1) is 11.8. The smallest absolute Gasteiger partial charge is 0.488 e. The molecule has 0 aliphatic rings. The molecule has 0 unspecified atom stereocenters. The highest BCUT2D eigenvalue weighted by molar-refractivity contribution is 6.58. The zero-order valence-corrected chi connectivity index (χ0v) is 8.81. The molecule has 0 amide bonds. The highest BCUT2D eigenvalue weighted by Gasteiger charge is 2.09. The Hall–Kier alpha value is -1.26. The Labute approximate surface area is 90.2 Å². The average Bonchev–Trinajstić information content (AvgIpc) is 2.18. The summed E-state index contributed by atoms with van der Waals surface area (Å²) in [7, 11) is -1.42. The molecule has 0 atom stereocenters. The van der Waals surface area contributed by atoms with Gasteiger partial charge in [-0.3, -0.25) is 0 Å². The van der Waals surface area contributed by atoms with Crippen molar-refractivity contribution in [3.8, 4) is 5.75 Å². The van der Waals surface area contributed by atoms with E-state index in [9.17, 15) is 0 Å². The van der Waals surface area contributed by atoms with E-state index in [1.54, 1.807) is 24.3 Å². The molecule has 1 rings (SSSR count). The first-order valence-electron chi connectivity index (χ1n) is 4.83. The molecule has 1 aromatic carbocycles. The Balaban J connectivity index is 2.46. The van der Waals surface area contributed by atoms with E-state index in [1.165, 1.54) is 0 Å². The Morgan fingerprint density at radius 1 is 1.33 bits per heavy atom. The summed E-state index contributed by atoms with van der Waals surface area (Å²) < 4.78 is 5.43. The maximum Gasteiger partial charge on any atom is 0.488 e. The average molecular weight is 206 g/mol. The molecule has 2 N–H and O–H groups in total. The molecule has 15 heavy (non-hydrogen) atoms. The first-order chi connectivity index (χ1) is 7.09. The molecule has 0 radical (unpaired) electrons. The minimum atomic E-state index is -1.42. The molecule has 0 aliphatic carbocycles. The fourth-order valence-corrected chi connectivity index (χ4v) is 1.08. The maximum absolute atomic E-state index is 8.87. The molecule has 0 aromatic heterocycles. The lowest BCUT2D eigenvalue weighted by atomic mass is 9.80. The van der Waals surface area contributed by atoms with Crippen molar-refractivity contribution in [1.29, 1.82) is 0 Å². The summed E-state index contributed by atoms with van der Waals surface area (Å²) in [6.45, 7) is 6.32. The molecule has 0 fully saturated rings. The zero-order valence-electron chi connectivity index (χ0n) is 8.81. The van der Waals surface area contributed by atoms with Crippen LogP contribution in [0.15, 0.2) is 36.4 Å². The Kier molecular flexibility index (Phi) is 4.40. The number of hydrogen-bond donors (Lipinski definition) is 2. The molecule has 0 saturated carbocycles. The molecule has 3 nitrogen and oxygen atoms in total. The van der Waals surface area contributed by atoms with Gasteiger partial charge in [0.15, 0.2) is 0 Å². The van der Waals surface area contributed by atoms with Gasteiger partial charge in [0.2, 0.25) is 0 Å². The van der Waals surface area contributed by atoms with Crippen LogP contribution in [0.1, 0.15) is 13.3 Å². The SMILES string of the molecule is C=C(C)CCOc1ccc(B(O)O)cc1. The molecule has 1 aromatic rings. The lowest BCUT2D eigenvalue weighted by Crippen LogP contribution is -2.29. The van der Waals surface area contributed by atoms with E-state index in [0.717, 1.165) is 17.7 Å². The largest absolute Gasteiger partial charge is 0.493 e. The summed E-state index contributed by atoms with van der Waals surface area (Å²) in [5.74, 6) is 0.723. The third-order valence-corrected chi connectivity index (χ3v) is 1.98. The van der Waals surface area contributed by atoms with Crippen LogP contribution in [0, 0.1) is 0 Å². The molecular weight excluding hydrogens is 191 g/mol. The van der Waals surface area contributed by atoms with Crippen LogP contribution in [0.25, 0.3) is 0 Å². The first-order valence-corrected chi connectivity index (χ1v) is 4.83. The van der Waals surface area contributed by atoms with Gasteiger partial charge in [-0.25, -0.2) is 0 Å². The predicted octanol–water partition coefficient (Wildman–Crippen LogP) is 0.711. The molecule has 0 spiro atoms. The second-order valence-electron chi connectivity index (χ2n) is 3.50. The van der Waals surface area contributed by atoms with E-state index >= 15 is 0 Å². The van der Waals surface area contributed by atoms with Crippen LogP contribution in [0.5, 0.6) is 5.75 Å². The number of benzene rings is 1. The minimum Gasteiger partial charge on any atom is -0.493 e. The molecule has 0 bridgehead atoms. The van der Waals surface area contributed by atoms with Gasteiger partial charge in [-0.1, -0.05) is 17.7 Å². The van der Waals surface area contributed by atoms with Gasteiger partial charge >= 0.3 is 7.12 Å². The molecular formula is C11H15BO3. The van der Waals surface area contributed by atoms with Crippen molar-refractivity contribution in [1.82, 2.24) is 0 Å². The van der Waals surface area contributed by atoms with Crippen LogP contribution in [0.4, 0.5) is 0 Å². The van der Waals surface area contributed by atoms with Crippen LogP contribution < -0.4 is 10.2 Å².